The van der Waals surface area contributed by atoms with Gasteiger partial charge in [-0.1, -0.05) is 78.7 Å². The number of ether oxygens (including phenoxy) is 1. The molecule has 0 spiro atoms. The zero-order valence-electron chi connectivity index (χ0n) is 21.9. The summed E-state index contributed by atoms with van der Waals surface area (Å²) in [7, 11) is 1.62. The summed E-state index contributed by atoms with van der Waals surface area (Å²) >= 11 is 1.35. The molecule has 0 radical (unpaired) electrons. The smallest absolute Gasteiger partial charge is 0.237 e. The molecule has 2 N–H and O–H groups in total. The third-order valence-corrected chi connectivity index (χ3v) is 7.36. The van der Waals surface area contributed by atoms with Crippen molar-refractivity contribution < 1.29 is 14.3 Å². The van der Waals surface area contributed by atoms with Crippen LogP contribution in [0.3, 0.4) is 0 Å². The lowest BCUT2D eigenvalue weighted by molar-refractivity contribution is -0.121. The van der Waals surface area contributed by atoms with Crippen LogP contribution in [0.4, 0.5) is 0 Å². The van der Waals surface area contributed by atoms with Gasteiger partial charge < -0.3 is 10.1 Å². The predicted molar refractivity (Wildman–Crippen MR) is 155 cm³/mol. The van der Waals surface area contributed by atoms with Gasteiger partial charge in [-0.25, -0.2) is 0 Å². The minimum absolute atomic E-state index is 0.00519. The molecule has 6 heteroatoms. The first-order chi connectivity index (χ1) is 18.5. The number of methoxy groups -OCH3 is 1. The van der Waals surface area contributed by atoms with Crippen LogP contribution >= 0.6 is 11.9 Å². The number of hydrogen-bond donors (Lipinski definition) is 2. The summed E-state index contributed by atoms with van der Waals surface area (Å²) in [6, 6.07) is 30.1. The second kappa shape index (κ2) is 13.7. The number of rotatable bonds is 12. The van der Waals surface area contributed by atoms with Crippen molar-refractivity contribution in [2.24, 2.45) is 0 Å². The molecule has 0 fully saturated rings. The van der Waals surface area contributed by atoms with Crippen molar-refractivity contribution >= 4 is 34.5 Å². The molecule has 4 aromatic rings. The maximum atomic E-state index is 13.3. The van der Waals surface area contributed by atoms with Crippen molar-refractivity contribution in [1.82, 2.24) is 10.0 Å². The topological polar surface area (TPSA) is 67.4 Å². The molecular formula is C32H34N2O3S. The Morgan fingerprint density at radius 3 is 2.34 bits per heavy atom. The highest BCUT2D eigenvalue weighted by molar-refractivity contribution is 7.98. The molecular weight excluding hydrogens is 492 g/mol. The van der Waals surface area contributed by atoms with Gasteiger partial charge in [0.1, 0.15) is 5.75 Å². The normalized spacial score (nSPS) is 11.6. The second-order valence-electron chi connectivity index (χ2n) is 9.41. The number of nitrogens with one attached hydrogen (secondary N) is 2. The Hall–Kier alpha value is -3.77. The summed E-state index contributed by atoms with van der Waals surface area (Å²) in [5.74, 6) is 0.492. The van der Waals surface area contributed by atoms with Crippen molar-refractivity contribution in [2.45, 2.75) is 43.4 Å². The zero-order chi connectivity index (χ0) is 26.7. The van der Waals surface area contributed by atoms with E-state index in [0.717, 1.165) is 45.4 Å². The van der Waals surface area contributed by atoms with E-state index in [9.17, 15) is 9.59 Å². The highest BCUT2D eigenvalue weighted by atomic mass is 32.2. The summed E-state index contributed by atoms with van der Waals surface area (Å²) in [6.45, 7) is 2.63. The van der Waals surface area contributed by atoms with Gasteiger partial charge in [0, 0.05) is 11.4 Å². The fourth-order valence-corrected chi connectivity index (χ4v) is 4.99. The van der Waals surface area contributed by atoms with Crippen LogP contribution in [0, 0.1) is 6.92 Å². The minimum atomic E-state index is -0.271. The van der Waals surface area contributed by atoms with E-state index in [1.165, 1.54) is 17.5 Å². The first kappa shape index (κ1) is 27.3. The average Bonchev–Trinajstić information content (AvgIpc) is 2.94. The molecule has 196 valence electrons. The minimum Gasteiger partial charge on any atom is -0.497 e. The fourth-order valence-electron chi connectivity index (χ4n) is 4.35. The number of carbonyl (C=O) groups excluding carboxylic acids is 2. The summed E-state index contributed by atoms with van der Waals surface area (Å²) in [6.07, 6.45) is 2.66. The highest BCUT2D eigenvalue weighted by Gasteiger charge is 2.21. The number of hydrogen-bond acceptors (Lipinski definition) is 4. The van der Waals surface area contributed by atoms with E-state index < -0.39 is 0 Å². The van der Waals surface area contributed by atoms with E-state index >= 15 is 0 Å². The SMILES string of the molecule is COc1ccc(CC(=O)NCCCCC(C(=O)NSc2ccc(C)cc2)c2ccc3ccccc3c2)cc1. The van der Waals surface area contributed by atoms with Gasteiger partial charge in [0.05, 0.1) is 19.4 Å². The van der Waals surface area contributed by atoms with E-state index in [1.54, 1.807) is 7.11 Å². The third-order valence-electron chi connectivity index (χ3n) is 6.55. The zero-order valence-corrected chi connectivity index (χ0v) is 22.7. The molecule has 0 bridgehead atoms. The van der Waals surface area contributed by atoms with E-state index in [4.69, 9.17) is 4.74 Å². The standard InChI is InChI=1S/C32H34N2O3S/c1-23-10-18-29(19-11-23)38-34-32(36)30(27-15-14-25-7-3-4-8-26(25)22-27)9-5-6-20-33-31(35)21-24-12-16-28(37-2)17-13-24/h3-4,7-8,10-19,22,30H,5-6,9,20-21H2,1-2H3,(H,33,35)(H,34,36). The van der Waals surface area contributed by atoms with Crippen molar-refractivity contribution in [3.8, 4) is 5.75 Å². The van der Waals surface area contributed by atoms with Crippen LogP contribution in [0.1, 0.15) is 41.9 Å². The Labute approximate surface area is 229 Å². The van der Waals surface area contributed by atoms with Gasteiger partial charge in [0.25, 0.3) is 0 Å². The molecule has 0 saturated carbocycles. The second-order valence-corrected chi connectivity index (χ2v) is 10.3. The number of aryl methyl sites for hydroxylation is 1. The number of amides is 2. The Morgan fingerprint density at radius 2 is 1.61 bits per heavy atom. The average molecular weight is 527 g/mol. The molecule has 5 nitrogen and oxygen atoms in total. The van der Waals surface area contributed by atoms with E-state index in [1.807, 2.05) is 67.6 Å². The van der Waals surface area contributed by atoms with Crippen molar-refractivity contribution in [1.29, 1.82) is 0 Å². The van der Waals surface area contributed by atoms with Crippen molar-refractivity contribution in [3.63, 3.8) is 0 Å². The molecule has 0 aliphatic heterocycles. The van der Waals surface area contributed by atoms with Crippen LogP contribution in [-0.4, -0.2) is 25.5 Å². The van der Waals surface area contributed by atoms with Crippen molar-refractivity contribution in [3.05, 3.63) is 108 Å². The molecule has 1 unspecified atom stereocenters. The lowest BCUT2D eigenvalue weighted by Crippen LogP contribution is -2.27. The van der Waals surface area contributed by atoms with E-state index in [-0.39, 0.29) is 17.7 Å². The Bertz CT molecular complexity index is 1350. The van der Waals surface area contributed by atoms with Crippen LogP contribution in [0.5, 0.6) is 5.75 Å². The lowest BCUT2D eigenvalue weighted by Gasteiger charge is -2.18. The van der Waals surface area contributed by atoms with Crippen LogP contribution < -0.4 is 14.8 Å². The molecule has 4 rings (SSSR count). The third kappa shape index (κ3) is 7.86. The van der Waals surface area contributed by atoms with Gasteiger partial charge in [0.2, 0.25) is 11.8 Å². The molecule has 0 heterocycles. The quantitative estimate of drug-likeness (QED) is 0.161. The first-order valence-corrected chi connectivity index (χ1v) is 13.7. The van der Waals surface area contributed by atoms with E-state index in [0.29, 0.717) is 19.4 Å². The van der Waals surface area contributed by atoms with Crippen molar-refractivity contribution in [2.75, 3.05) is 13.7 Å². The predicted octanol–water partition coefficient (Wildman–Crippen LogP) is 6.59. The van der Waals surface area contributed by atoms with Gasteiger partial charge >= 0.3 is 0 Å². The molecule has 0 aliphatic carbocycles. The molecule has 0 aliphatic rings. The van der Waals surface area contributed by atoms with Crippen LogP contribution in [0.25, 0.3) is 10.8 Å². The Morgan fingerprint density at radius 1 is 0.868 bits per heavy atom. The molecule has 0 aromatic heterocycles. The van der Waals surface area contributed by atoms with Crippen LogP contribution in [0.2, 0.25) is 0 Å². The summed E-state index contributed by atoms with van der Waals surface area (Å²) in [5.41, 5.74) is 3.14. The molecule has 1 atom stereocenters. The summed E-state index contributed by atoms with van der Waals surface area (Å²) in [4.78, 5) is 26.7. The van der Waals surface area contributed by atoms with Gasteiger partial charge in [-0.3, -0.25) is 14.3 Å². The molecule has 0 saturated heterocycles. The van der Waals surface area contributed by atoms with E-state index in [2.05, 4.69) is 40.4 Å². The van der Waals surface area contributed by atoms with Gasteiger partial charge in [-0.15, -0.1) is 0 Å². The van der Waals surface area contributed by atoms with Crippen LogP contribution in [0.15, 0.2) is 95.9 Å². The Balaban J connectivity index is 1.32. The Kier molecular flexibility index (Phi) is 9.82. The maximum Gasteiger partial charge on any atom is 0.237 e. The van der Waals surface area contributed by atoms with Gasteiger partial charge in [0.15, 0.2) is 0 Å². The number of carbonyl (C=O) groups is 2. The largest absolute Gasteiger partial charge is 0.497 e. The number of unbranched alkanes of at least 4 members (excludes halogenated alkanes) is 1. The first-order valence-electron chi connectivity index (χ1n) is 12.9. The molecule has 38 heavy (non-hydrogen) atoms. The van der Waals surface area contributed by atoms with Gasteiger partial charge in [-0.05, 0) is 77.9 Å². The summed E-state index contributed by atoms with van der Waals surface area (Å²) < 4.78 is 8.23. The number of benzene rings is 4. The molecule has 4 aromatic carbocycles. The van der Waals surface area contributed by atoms with Gasteiger partial charge in [-0.2, -0.15) is 0 Å². The molecule has 2 amide bonds. The highest BCUT2D eigenvalue weighted by Crippen LogP contribution is 2.28. The lowest BCUT2D eigenvalue weighted by atomic mass is 9.91. The summed E-state index contributed by atoms with van der Waals surface area (Å²) in [5, 5.41) is 5.28. The fraction of sp³-hybridized carbons (Fsp3) is 0.250. The van der Waals surface area contributed by atoms with Crippen LogP contribution in [-0.2, 0) is 16.0 Å². The maximum absolute atomic E-state index is 13.3. The number of fused-ring (bicyclic) bond motifs is 1. The monoisotopic (exact) mass is 526 g/mol.